The Labute approximate surface area is 131 Å². The molecule has 5 heteroatoms. The van der Waals surface area contributed by atoms with Gasteiger partial charge in [0.2, 0.25) is 0 Å². The molecule has 1 aliphatic carbocycles. The Morgan fingerprint density at radius 1 is 1.36 bits per heavy atom. The van der Waals surface area contributed by atoms with Gasteiger partial charge in [-0.3, -0.25) is 9.59 Å². The Kier molecular flexibility index (Phi) is 3.63. The third-order valence-electron chi connectivity index (χ3n) is 4.51. The van der Waals surface area contributed by atoms with Crippen LogP contribution in [-0.4, -0.2) is 46.4 Å². The largest absolute Gasteiger partial charge is 0.369 e. The zero-order chi connectivity index (χ0) is 16.1. The predicted molar refractivity (Wildman–Crippen MR) is 83.3 cm³/mol. The second-order valence-electron chi connectivity index (χ2n) is 7.13. The monoisotopic (exact) mass is 304 g/mol. The first-order valence-corrected chi connectivity index (χ1v) is 8.00. The Morgan fingerprint density at radius 2 is 2.09 bits per heavy atom. The van der Waals surface area contributed by atoms with Crippen LogP contribution in [0.3, 0.4) is 0 Å². The van der Waals surface area contributed by atoms with Crippen LogP contribution in [0.25, 0.3) is 0 Å². The number of rotatable bonds is 1. The van der Waals surface area contributed by atoms with Crippen molar-refractivity contribution in [2.24, 2.45) is 0 Å². The highest BCUT2D eigenvalue weighted by Gasteiger charge is 2.36. The van der Waals surface area contributed by atoms with Crippen molar-refractivity contribution in [1.29, 1.82) is 0 Å². The molecule has 0 bridgehead atoms. The molecule has 5 nitrogen and oxygen atoms in total. The van der Waals surface area contributed by atoms with Gasteiger partial charge in [-0.05, 0) is 46.1 Å². The lowest BCUT2D eigenvalue weighted by Crippen LogP contribution is -2.53. The summed E-state index contributed by atoms with van der Waals surface area (Å²) in [5.74, 6) is 0.132. The molecule has 1 saturated heterocycles. The van der Waals surface area contributed by atoms with E-state index in [0.717, 1.165) is 29.7 Å². The van der Waals surface area contributed by atoms with Crippen LogP contribution in [-0.2, 0) is 11.2 Å². The van der Waals surface area contributed by atoms with E-state index in [0.29, 0.717) is 25.2 Å². The number of Topliss-reactive ketones (excluding diaryl/α,β-unsaturated/α-hetero) is 1. The van der Waals surface area contributed by atoms with Gasteiger partial charge in [-0.25, -0.2) is 0 Å². The Balaban J connectivity index is 1.91. The predicted octanol–water partition coefficient (Wildman–Crippen LogP) is 2.48. The van der Waals surface area contributed by atoms with Crippen molar-refractivity contribution in [2.75, 3.05) is 13.1 Å². The van der Waals surface area contributed by atoms with Crippen LogP contribution in [0.15, 0.2) is 0 Å². The number of carbonyl (C=O) groups is 2. The molecule has 2 heterocycles. The molecule has 120 valence electrons. The smallest absolute Gasteiger partial charge is 0.270 e. The summed E-state index contributed by atoms with van der Waals surface area (Å²) in [6.07, 6.45) is 2.31. The maximum atomic E-state index is 12.9. The van der Waals surface area contributed by atoms with Crippen LogP contribution in [0.5, 0.6) is 0 Å². The maximum Gasteiger partial charge on any atom is 0.270 e. The van der Waals surface area contributed by atoms with Crippen molar-refractivity contribution in [3.05, 3.63) is 22.5 Å². The summed E-state index contributed by atoms with van der Waals surface area (Å²) in [5.41, 5.74) is 2.71. The lowest BCUT2D eigenvalue weighted by molar-refractivity contribution is -0.118. The van der Waals surface area contributed by atoms with E-state index in [1.165, 1.54) is 0 Å². The molecule has 2 aliphatic rings. The van der Waals surface area contributed by atoms with Gasteiger partial charge in [0.25, 0.3) is 5.91 Å². The Bertz CT molecular complexity index is 630. The molecule has 0 aromatic carbocycles. The molecule has 22 heavy (non-hydrogen) atoms. The molecule has 1 atom stereocenters. The molecule has 1 amide bonds. The van der Waals surface area contributed by atoms with Crippen molar-refractivity contribution in [3.8, 4) is 0 Å². The second kappa shape index (κ2) is 5.23. The van der Waals surface area contributed by atoms with Gasteiger partial charge in [-0.15, -0.1) is 0 Å². The van der Waals surface area contributed by atoms with E-state index in [-0.39, 0.29) is 23.4 Å². The number of hydrogen-bond acceptors (Lipinski definition) is 3. The third kappa shape index (κ3) is 2.58. The molecule has 1 fully saturated rings. The zero-order valence-electron chi connectivity index (χ0n) is 13.8. The van der Waals surface area contributed by atoms with E-state index >= 15 is 0 Å². The molecular weight excluding hydrogens is 280 g/mol. The summed E-state index contributed by atoms with van der Waals surface area (Å²) >= 11 is 0. The molecule has 1 aromatic heterocycles. The highest BCUT2D eigenvalue weighted by Crippen LogP contribution is 2.28. The van der Waals surface area contributed by atoms with Crippen LogP contribution in [0, 0.1) is 6.92 Å². The van der Waals surface area contributed by atoms with Crippen LogP contribution in [0.4, 0.5) is 0 Å². The standard InChI is InChI=1S/C17H24N2O3/c1-10-8-19(9-17(3,4)22-10)16(21)15-11(2)14-12(18-15)6-5-7-13(14)20/h10,18H,5-9H2,1-4H3. The normalized spacial score (nSPS) is 24.3. The fraction of sp³-hybridized carbons (Fsp3) is 0.647. The number of aromatic nitrogens is 1. The van der Waals surface area contributed by atoms with Crippen LogP contribution in [0.1, 0.15) is 65.7 Å². The minimum atomic E-state index is -0.344. The van der Waals surface area contributed by atoms with E-state index in [2.05, 4.69) is 4.98 Å². The number of carbonyl (C=O) groups excluding carboxylic acids is 2. The number of morpholine rings is 1. The highest BCUT2D eigenvalue weighted by molar-refractivity contribution is 6.04. The van der Waals surface area contributed by atoms with Gasteiger partial charge in [0, 0.05) is 30.8 Å². The van der Waals surface area contributed by atoms with E-state index in [9.17, 15) is 9.59 Å². The number of fused-ring (bicyclic) bond motifs is 1. The summed E-state index contributed by atoms with van der Waals surface area (Å²) in [4.78, 5) is 30.1. The quantitative estimate of drug-likeness (QED) is 0.867. The highest BCUT2D eigenvalue weighted by atomic mass is 16.5. The molecule has 0 spiro atoms. The summed E-state index contributed by atoms with van der Waals surface area (Å²) in [6.45, 7) is 9.00. The summed E-state index contributed by atoms with van der Waals surface area (Å²) in [7, 11) is 0. The van der Waals surface area contributed by atoms with Gasteiger partial charge in [-0.2, -0.15) is 0 Å². The number of aromatic amines is 1. The van der Waals surface area contributed by atoms with Crippen molar-refractivity contribution >= 4 is 11.7 Å². The molecular formula is C17H24N2O3. The fourth-order valence-electron chi connectivity index (χ4n) is 3.75. The molecule has 1 N–H and O–H groups in total. The average molecular weight is 304 g/mol. The molecule has 0 radical (unpaired) electrons. The summed E-state index contributed by atoms with van der Waals surface area (Å²) in [5, 5.41) is 0. The van der Waals surface area contributed by atoms with E-state index in [4.69, 9.17) is 4.74 Å². The Hall–Kier alpha value is -1.62. The number of nitrogens with one attached hydrogen (secondary N) is 1. The molecule has 1 unspecified atom stereocenters. The van der Waals surface area contributed by atoms with Gasteiger partial charge in [0.15, 0.2) is 5.78 Å². The average Bonchev–Trinajstić information content (AvgIpc) is 2.74. The first-order chi connectivity index (χ1) is 10.3. The lowest BCUT2D eigenvalue weighted by Gasteiger charge is -2.41. The molecule has 1 aliphatic heterocycles. The molecule has 1 aromatic rings. The SMILES string of the molecule is Cc1c(C(=O)N2CC(C)OC(C)(C)C2)[nH]c2c1C(=O)CCC2. The van der Waals surface area contributed by atoms with Crippen LogP contribution in [0.2, 0.25) is 0 Å². The van der Waals surface area contributed by atoms with Gasteiger partial charge >= 0.3 is 0 Å². The number of amides is 1. The van der Waals surface area contributed by atoms with E-state index in [1.54, 1.807) is 0 Å². The van der Waals surface area contributed by atoms with Crippen molar-refractivity contribution in [2.45, 2.75) is 58.7 Å². The van der Waals surface area contributed by atoms with Crippen molar-refractivity contribution < 1.29 is 14.3 Å². The number of hydrogen-bond donors (Lipinski definition) is 1. The maximum absolute atomic E-state index is 12.9. The van der Waals surface area contributed by atoms with Crippen LogP contribution >= 0.6 is 0 Å². The van der Waals surface area contributed by atoms with Crippen molar-refractivity contribution in [3.63, 3.8) is 0 Å². The van der Waals surface area contributed by atoms with E-state index < -0.39 is 0 Å². The minimum Gasteiger partial charge on any atom is -0.369 e. The summed E-state index contributed by atoms with van der Waals surface area (Å²) < 4.78 is 5.86. The first kappa shape index (κ1) is 15.3. The number of ketones is 1. The first-order valence-electron chi connectivity index (χ1n) is 8.00. The van der Waals surface area contributed by atoms with Crippen molar-refractivity contribution in [1.82, 2.24) is 9.88 Å². The Morgan fingerprint density at radius 3 is 2.73 bits per heavy atom. The second-order valence-corrected chi connectivity index (χ2v) is 7.13. The van der Waals surface area contributed by atoms with Gasteiger partial charge in [0.1, 0.15) is 5.69 Å². The zero-order valence-corrected chi connectivity index (χ0v) is 13.8. The van der Waals surface area contributed by atoms with Gasteiger partial charge < -0.3 is 14.6 Å². The number of H-pyrrole nitrogens is 1. The lowest BCUT2D eigenvalue weighted by atomic mass is 9.93. The van der Waals surface area contributed by atoms with Gasteiger partial charge in [-0.1, -0.05) is 0 Å². The van der Waals surface area contributed by atoms with E-state index in [1.807, 2.05) is 32.6 Å². The molecule has 0 saturated carbocycles. The topological polar surface area (TPSA) is 62.4 Å². The van der Waals surface area contributed by atoms with Crippen LogP contribution < -0.4 is 0 Å². The summed E-state index contributed by atoms with van der Waals surface area (Å²) in [6, 6.07) is 0. The van der Waals surface area contributed by atoms with Gasteiger partial charge in [0.05, 0.1) is 11.7 Å². The number of aryl methyl sites for hydroxylation is 1. The number of ether oxygens (including phenoxy) is 1. The fourth-order valence-corrected chi connectivity index (χ4v) is 3.75. The molecule has 3 rings (SSSR count). The number of nitrogens with zero attached hydrogens (tertiary/aromatic N) is 1. The minimum absolute atomic E-state index is 0.0132. The third-order valence-corrected chi connectivity index (χ3v) is 4.51.